The van der Waals surface area contributed by atoms with Gasteiger partial charge in [0.25, 0.3) is 0 Å². The number of benzene rings is 2. The maximum Gasteiger partial charge on any atom is 0.119 e. The van der Waals surface area contributed by atoms with E-state index in [0.29, 0.717) is 11.8 Å². The average molecular weight is 418 g/mol. The molecule has 0 saturated heterocycles. The molecule has 1 atom stereocenters. The van der Waals surface area contributed by atoms with Crippen LogP contribution in [0.25, 0.3) is 11.1 Å². The molecule has 0 radical (unpaired) electrons. The van der Waals surface area contributed by atoms with Gasteiger partial charge in [-0.15, -0.1) is 0 Å². The Morgan fingerprint density at radius 1 is 0.839 bits per heavy atom. The van der Waals surface area contributed by atoms with Crippen molar-refractivity contribution in [2.75, 3.05) is 6.61 Å². The van der Waals surface area contributed by atoms with Crippen LogP contribution >= 0.6 is 0 Å². The van der Waals surface area contributed by atoms with Crippen LogP contribution in [0.4, 0.5) is 0 Å². The summed E-state index contributed by atoms with van der Waals surface area (Å²) in [7, 11) is 0. The Kier molecular flexibility index (Phi) is 9.47. The number of rotatable bonds is 11. The number of nitriles is 1. The van der Waals surface area contributed by atoms with Gasteiger partial charge in [-0.2, -0.15) is 5.26 Å². The van der Waals surface area contributed by atoms with Gasteiger partial charge >= 0.3 is 0 Å². The molecule has 2 heteroatoms. The van der Waals surface area contributed by atoms with Crippen LogP contribution in [-0.2, 0) is 0 Å². The lowest BCUT2D eigenvalue weighted by Crippen LogP contribution is -2.20. The molecule has 0 aliphatic heterocycles. The molecule has 1 fully saturated rings. The summed E-state index contributed by atoms with van der Waals surface area (Å²) in [5.41, 5.74) is 3.96. The van der Waals surface area contributed by atoms with E-state index in [2.05, 4.69) is 68.4 Å². The molecular formula is C29H39NO. The van der Waals surface area contributed by atoms with Crippen molar-refractivity contribution >= 4 is 0 Å². The highest BCUT2D eigenvalue weighted by Crippen LogP contribution is 2.40. The van der Waals surface area contributed by atoms with Crippen LogP contribution in [-0.4, -0.2) is 6.61 Å². The number of hydrogen-bond acceptors (Lipinski definition) is 2. The van der Waals surface area contributed by atoms with E-state index in [4.69, 9.17) is 4.74 Å². The summed E-state index contributed by atoms with van der Waals surface area (Å²) in [6.45, 7) is 5.23. The fourth-order valence-electron chi connectivity index (χ4n) is 4.98. The van der Waals surface area contributed by atoms with E-state index < -0.39 is 0 Å². The lowest BCUT2D eigenvalue weighted by Gasteiger charge is -2.31. The zero-order valence-electron chi connectivity index (χ0n) is 19.5. The third-order valence-corrected chi connectivity index (χ3v) is 6.94. The molecule has 166 valence electrons. The highest BCUT2D eigenvalue weighted by atomic mass is 16.5. The second-order valence-electron chi connectivity index (χ2n) is 9.19. The van der Waals surface area contributed by atoms with Crippen LogP contribution in [0.3, 0.4) is 0 Å². The first-order valence-electron chi connectivity index (χ1n) is 12.5. The van der Waals surface area contributed by atoms with Crippen LogP contribution in [0.15, 0.2) is 48.5 Å². The van der Waals surface area contributed by atoms with E-state index in [1.165, 1.54) is 61.6 Å². The maximum absolute atomic E-state index is 9.46. The van der Waals surface area contributed by atoms with Gasteiger partial charge in [0.2, 0.25) is 0 Å². The van der Waals surface area contributed by atoms with Crippen LogP contribution in [0.2, 0.25) is 0 Å². The van der Waals surface area contributed by atoms with Crippen LogP contribution in [0, 0.1) is 23.2 Å². The lowest BCUT2D eigenvalue weighted by molar-refractivity contribution is 0.259. The maximum atomic E-state index is 9.46. The van der Waals surface area contributed by atoms with Gasteiger partial charge in [-0.05, 0) is 79.2 Å². The molecular weight excluding hydrogens is 378 g/mol. The lowest BCUT2D eigenvalue weighted by atomic mass is 9.73. The second kappa shape index (κ2) is 12.6. The summed E-state index contributed by atoms with van der Waals surface area (Å²) in [5.74, 6) is 2.48. The van der Waals surface area contributed by atoms with Gasteiger partial charge in [0, 0.05) is 5.92 Å². The van der Waals surface area contributed by atoms with Gasteiger partial charge in [0.15, 0.2) is 0 Å². The minimum absolute atomic E-state index is 0.261. The average Bonchev–Trinajstić information content (AvgIpc) is 2.83. The fraction of sp³-hybridized carbons (Fsp3) is 0.552. The summed E-state index contributed by atoms with van der Waals surface area (Å²) in [6, 6.07) is 20.2. The molecule has 1 aliphatic rings. The molecule has 0 heterocycles. The molecule has 2 aromatic carbocycles. The van der Waals surface area contributed by atoms with Crippen molar-refractivity contribution in [2.45, 2.75) is 84.0 Å². The molecule has 0 amide bonds. The number of hydrogen-bond donors (Lipinski definition) is 0. The van der Waals surface area contributed by atoms with E-state index >= 15 is 0 Å². The predicted molar refractivity (Wildman–Crippen MR) is 130 cm³/mol. The summed E-state index contributed by atoms with van der Waals surface area (Å²) in [6.07, 6.45) is 11.9. The SMILES string of the molecule is CCCCCCOc1ccc(-c2ccc([C@H]3CC[C@H](C(C#N)CCC)CC3)cc2)cc1. The number of unbranched alkanes of at least 4 members (excludes halogenated alkanes) is 3. The monoisotopic (exact) mass is 417 g/mol. The minimum atomic E-state index is 0.261. The van der Waals surface area contributed by atoms with Crippen molar-refractivity contribution in [3.63, 3.8) is 0 Å². The van der Waals surface area contributed by atoms with Crippen molar-refractivity contribution in [2.24, 2.45) is 11.8 Å². The Morgan fingerprint density at radius 3 is 2.06 bits per heavy atom. The molecule has 1 aliphatic carbocycles. The largest absolute Gasteiger partial charge is 0.494 e. The van der Waals surface area contributed by atoms with Crippen molar-refractivity contribution in [3.05, 3.63) is 54.1 Å². The first-order valence-corrected chi connectivity index (χ1v) is 12.5. The van der Waals surface area contributed by atoms with Gasteiger partial charge in [-0.25, -0.2) is 0 Å². The van der Waals surface area contributed by atoms with Gasteiger partial charge in [0.1, 0.15) is 5.75 Å². The molecule has 2 aromatic rings. The topological polar surface area (TPSA) is 33.0 Å². The Labute approximate surface area is 189 Å². The Hall–Kier alpha value is -2.27. The first kappa shape index (κ1) is 23.4. The van der Waals surface area contributed by atoms with E-state index in [0.717, 1.165) is 31.6 Å². The van der Waals surface area contributed by atoms with E-state index in [9.17, 15) is 5.26 Å². The molecule has 1 unspecified atom stereocenters. The van der Waals surface area contributed by atoms with Gasteiger partial charge < -0.3 is 4.74 Å². The van der Waals surface area contributed by atoms with Crippen molar-refractivity contribution in [3.8, 4) is 22.9 Å². The Balaban J connectivity index is 1.51. The first-order chi connectivity index (χ1) is 15.2. The minimum Gasteiger partial charge on any atom is -0.494 e. The normalized spacial score (nSPS) is 19.5. The quantitative estimate of drug-likeness (QED) is 0.343. The molecule has 2 nitrogen and oxygen atoms in total. The number of ether oxygens (including phenoxy) is 1. The van der Waals surface area contributed by atoms with E-state index in [-0.39, 0.29) is 5.92 Å². The molecule has 31 heavy (non-hydrogen) atoms. The van der Waals surface area contributed by atoms with Gasteiger partial charge in [-0.1, -0.05) is 75.9 Å². The standard InChI is InChI=1S/C29H39NO/c1-3-5-6-7-21-31-29-19-17-26(18-20-29)25-11-9-23(10-12-25)24-13-15-27(16-14-24)28(22-30)8-4-2/h9-12,17-20,24,27-28H,3-8,13-16,21H2,1-2H3/t24-,27-,28?. The second-order valence-corrected chi connectivity index (χ2v) is 9.19. The van der Waals surface area contributed by atoms with Crippen molar-refractivity contribution in [1.29, 1.82) is 5.26 Å². The van der Waals surface area contributed by atoms with E-state index in [1.807, 2.05) is 0 Å². The zero-order chi connectivity index (χ0) is 21.9. The summed E-state index contributed by atoms with van der Waals surface area (Å²) < 4.78 is 5.87. The van der Waals surface area contributed by atoms with Crippen molar-refractivity contribution < 1.29 is 4.74 Å². The predicted octanol–water partition coefficient (Wildman–Crippen LogP) is 8.53. The van der Waals surface area contributed by atoms with Crippen LogP contribution in [0.1, 0.15) is 89.5 Å². The molecule has 3 rings (SSSR count). The molecule has 0 spiro atoms. The summed E-state index contributed by atoms with van der Waals surface area (Å²) in [4.78, 5) is 0. The van der Waals surface area contributed by atoms with Gasteiger partial charge in [-0.3, -0.25) is 0 Å². The molecule has 0 aromatic heterocycles. The summed E-state index contributed by atoms with van der Waals surface area (Å²) in [5, 5.41) is 9.46. The van der Waals surface area contributed by atoms with E-state index in [1.54, 1.807) is 0 Å². The third kappa shape index (κ3) is 6.86. The summed E-state index contributed by atoms with van der Waals surface area (Å²) >= 11 is 0. The fourth-order valence-corrected chi connectivity index (χ4v) is 4.98. The highest BCUT2D eigenvalue weighted by molar-refractivity contribution is 5.64. The van der Waals surface area contributed by atoms with Crippen molar-refractivity contribution in [1.82, 2.24) is 0 Å². The molecule has 1 saturated carbocycles. The number of nitrogens with zero attached hydrogens (tertiary/aromatic N) is 1. The van der Waals surface area contributed by atoms with Gasteiger partial charge in [0.05, 0.1) is 12.7 Å². The zero-order valence-corrected chi connectivity index (χ0v) is 19.5. The molecule has 0 N–H and O–H groups in total. The molecule has 0 bridgehead atoms. The Bertz CT molecular complexity index is 794. The van der Waals surface area contributed by atoms with Crippen LogP contribution in [0.5, 0.6) is 5.75 Å². The smallest absolute Gasteiger partial charge is 0.119 e. The Morgan fingerprint density at radius 2 is 1.48 bits per heavy atom. The van der Waals surface area contributed by atoms with Crippen LogP contribution < -0.4 is 4.74 Å². The third-order valence-electron chi connectivity index (χ3n) is 6.94. The highest BCUT2D eigenvalue weighted by Gasteiger charge is 2.27.